The molecule has 0 saturated heterocycles. The van der Waals surface area contributed by atoms with Crippen molar-refractivity contribution in [2.75, 3.05) is 0 Å². The molecule has 2 aromatic carbocycles. The lowest BCUT2D eigenvalue weighted by atomic mass is 10.0. The average molecular weight is 378 g/mol. The van der Waals surface area contributed by atoms with Crippen molar-refractivity contribution in [2.45, 2.75) is 19.5 Å². The SMILES string of the molecule is [Br-].c1ccc2c3[n+](ccc2c1)CCC[n+]1ccc2ccccc2c1-3. The first kappa shape index (κ1) is 15.3. The van der Waals surface area contributed by atoms with Crippen molar-refractivity contribution in [1.29, 1.82) is 0 Å². The fourth-order valence-electron chi connectivity index (χ4n) is 3.83. The van der Waals surface area contributed by atoms with Gasteiger partial charge in [0.25, 0.3) is 11.4 Å². The lowest BCUT2D eigenvalue weighted by Gasteiger charge is -2.06. The first-order valence-electron chi connectivity index (χ1n) is 8.24. The van der Waals surface area contributed by atoms with Gasteiger partial charge in [-0.2, -0.15) is 9.13 Å². The second-order valence-corrected chi connectivity index (χ2v) is 6.24. The second kappa shape index (κ2) is 5.99. The Morgan fingerprint density at radius 3 is 1.54 bits per heavy atom. The van der Waals surface area contributed by atoms with Gasteiger partial charge in [-0.05, 0) is 22.9 Å². The molecule has 24 heavy (non-hydrogen) atoms. The van der Waals surface area contributed by atoms with E-state index in [1.165, 1.54) is 32.9 Å². The van der Waals surface area contributed by atoms with E-state index in [0.29, 0.717) is 0 Å². The van der Waals surface area contributed by atoms with Crippen LogP contribution in [0.15, 0.2) is 73.1 Å². The van der Waals surface area contributed by atoms with Gasteiger partial charge < -0.3 is 17.0 Å². The molecule has 2 nitrogen and oxygen atoms in total. The number of rotatable bonds is 0. The van der Waals surface area contributed by atoms with Crippen LogP contribution in [0.4, 0.5) is 0 Å². The topological polar surface area (TPSA) is 7.76 Å². The Morgan fingerprint density at radius 1 is 0.583 bits per heavy atom. The van der Waals surface area contributed by atoms with Crippen molar-refractivity contribution in [3.05, 3.63) is 73.1 Å². The second-order valence-electron chi connectivity index (χ2n) is 6.24. The third-order valence-electron chi connectivity index (χ3n) is 4.90. The highest BCUT2D eigenvalue weighted by Gasteiger charge is 2.31. The number of benzene rings is 2. The monoisotopic (exact) mass is 377 g/mol. The Morgan fingerprint density at radius 2 is 1.04 bits per heavy atom. The predicted octanol–water partition coefficient (Wildman–Crippen LogP) is 0.643. The summed E-state index contributed by atoms with van der Waals surface area (Å²) in [4.78, 5) is 0. The maximum atomic E-state index is 2.42. The van der Waals surface area contributed by atoms with Crippen LogP contribution in [-0.2, 0) is 13.1 Å². The van der Waals surface area contributed by atoms with Gasteiger partial charge in [0.2, 0.25) is 0 Å². The van der Waals surface area contributed by atoms with Crippen LogP contribution in [0.25, 0.3) is 32.9 Å². The van der Waals surface area contributed by atoms with Crippen LogP contribution < -0.4 is 26.1 Å². The Balaban J connectivity index is 0.00000146. The number of hydrogen-bond donors (Lipinski definition) is 0. The van der Waals surface area contributed by atoms with E-state index >= 15 is 0 Å². The molecular weight excluding hydrogens is 360 g/mol. The van der Waals surface area contributed by atoms with E-state index in [2.05, 4.69) is 82.2 Å². The Hall–Kier alpha value is -2.26. The maximum Gasteiger partial charge on any atom is 0.285 e. The molecule has 0 radical (unpaired) electrons. The number of fused-ring (bicyclic) bond motifs is 7. The highest BCUT2D eigenvalue weighted by Crippen LogP contribution is 2.29. The van der Waals surface area contributed by atoms with Crippen molar-refractivity contribution >= 4 is 21.5 Å². The molecule has 0 fully saturated rings. The molecule has 118 valence electrons. The van der Waals surface area contributed by atoms with Gasteiger partial charge in [0.05, 0.1) is 17.2 Å². The van der Waals surface area contributed by atoms with E-state index in [4.69, 9.17) is 0 Å². The minimum Gasteiger partial charge on any atom is -1.00 e. The Labute approximate surface area is 151 Å². The van der Waals surface area contributed by atoms with Crippen LogP contribution in [0.3, 0.4) is 0 Å². The fraction of sp³-hybridized carbons (Fsp3) is 0.143. The quantitative estimate of drug-likeness (QED) is 0.397. The van der Waals surface area contributed by atoms with Crippen LogP contribution >= 0.6 is 0 Å². The molecule has 0 spiro atoms. The molecule has 1 aliphatic heterocycles. The summed E-state index contributed by atoms with van der Waals surface area (Å²) in [6, 6.07) is 21.9. The molecule has 3 heterocycles. The molecule has 1 aliphatic rings. The highest BCUT2D eigenvalue weighted by molar-refractivity contribution is 5.99. The molecule has 0 amide bonds. The van der Waals surface area contributed by atoms with Crippen molar-refractivity contribution in [2.24, 2.45) is 0 Å². The summed E-state index contributed by atoms with van der Waals surface area (Å²) in [6.45, 7) is 2.13. The van der Waals surface area contributed by atoms with Gasteiger partial charge in [-0.15, -0.1) is 0 Å². The van der Waals surface area contributed by atoms with Crippen molar-refractivity contribution in [3.8, 4) is 11.4 Å². The van der Waals surface area contributed by atoms with Gasteiger partial charge in [-0.1, -0.05) is 36.4 Å². The van der Waals surface area contributed by atoms with Crippen LogP contribution in [-0.4, -0.2) is 0 Å². The van der Waals surface area contributed by atoms with Crippen molar-refractivity contribution in [3.63, 3.8) is 0 Å². The first-order valence-corrected chi connectivity index (χ1v) is 8.24. The number of aromatic nitrogens is 2. The lowest BCUT2D eigenvalue weighted by Crippen LogP contribution is -3.00. The van der Waals surface area contributed by atoms with Gasteiger partial charge in [-0.3, -0.25) is 0 Å². The summed E-state index contributed by atoms with van der Waals surface area (Å²) >= 11 is 0. The minimum absolute atomic E-state index is 0. The van der Waals surface area contributed by atoms with E-state index in [-0.39, 0.29) is 17.0 Å². The molecule has 0 unspecified atom stereocenters. The van der Waals surface area contributed by atoms with E-state index in [9.17, 15) is 0 Å². The summed E-state index contributed by atoms with van der Waals surface area (Å²) < 4.78 is 4.85. The summed E-state index contributed by atoms with van der Waals surface area (Å²) in [7, 11) is 0. The summed E-state index contributed by atoms with van der Waals surface area (Å²) in [5.41, 5.74) is 2.69. The average Bonchev–Trinajstić information content (AvgIpc) is 2.81. The van der Waals surface area contributed by atoms with Crippen LogP contribution in [0.2, 0.25) is 0 Å². The van der Waals surface area contributed by atoms with E-state index in [1.807, 2.05) is 0 Å². The van der Waals surface area contributed by atoms with Gasteiger partial charge >= 0.3 is 0 Å². The molecule has 3 heteroatoms. The van der Waals surface area contributed by atoms with Crippen molar-refractivity contribution in [1.82, 2.24) is 0 Å². The zero-order valence-corrected chi connectivity index (χ0v) is 14.9. The van der Waals surface area contributed by atoms with Crippen LogP contribution in [0, 0.1) is 0 Å². The number of aryl methyl sites for hydroxylation is 2. The molecular formula is C21H18BrN2+. The molecule has 0 aliphatic carbocycles. The third-order valence-corrected chi connectivity index (χ3v) is 4.90. The van der Waals surface area contributed by atoms with Gasteiger partial charge in [0.15, 0.2) is 25.5 Å². The predicted molar refractivity (Wildman–Crippen MR) is 91.9 cm³/mol. The van der Waals surface area contributed by atoms with E-state index in [1.54, 1.807) is 0 Å². The third kappa shape index (κ3) is 2.23. The highest BCUT2D eigenvalue weighted by atomic mass is 79.9. The van der Waals surface area contributed by atoms with Gasteiger partial charge in [0, 0.05) is 12.1 Å². The molecule has 0 bridgehead atoms. The fourth-order valence-corrected chi connectivity index (χ4v) is 3.83. The molecule has 0 atom stereocenters. The summed E-state index contributed by atoms with van der Waals surface area (Å²) in [6.07, 6.45) is 5.65. The molecule has 5 rings (SSSR count). The van der Waals surface area contributed by atoms with E-state index < -0.39 is 0 Å². The normalized spacial score (nSPS) is 13.0. The number of nitrogens with zero attached hydrogens (tertiary/aromatic N) is 2. The van der Waals surface area contributed by atoms with Gasteiger partial charge in [-0.25, -0.2) is 0 Å². The molecule has 0 saturated carbocycles. The molecule has 0 N–H and O–H groups in total. The first-order chi connectivity index (χ1) is 11.4. The standard InChI is InChI=1S/C21H18N2.BrH/c1-3-8-18-16(6-1)10-14-22-12-5-13-23-15-11-17-7-2-4-9-19(17)21(23)20(18)22;/h1-4,6-11,14-15H,5,12-13H2;1H/q+2;/p-1. The number of pyridine rings is 2. The van der Waals surface area contributed by atoms with E-state index in [0.717, 1.165) is 19.5 Å². The Bertz CT molecular complexity index is 971. The number of hydrogen-bond acceptors (Lipinski definition) is 0. The minimum atomic E-state index is 0. The van der Waals surface area contributed by atoms with Crippen LogP contribution in [0.5, 0.6) is 0 Å². The lowest BCUT2D eigenvalue weighted by molar-refractivity contribution is -0.687. The zero-order valence-electron chi connectivity index (χ0n) is 13.3. The molecule has 2 aromatic heterocycles. The van der Waals surface area contributed by atoms with Crippen LogP contribution in [0.1, 0.15) is 6.42 Å². The van der Waals surface area contributed by atoms with Crippen molar-refractivity contribution < 1.29 is 26.1 Å². The summed E-state index contributed by atoms with van der Waals surface area (Å²) in [5, 5.41) is 5.28. The number of halogens is 1. The zero-order chi connectivity index (χ0) is 15.2. The summed E-state index contributed by atoms with van der Waals surface area (Å²) in [5.74, 6) is 0. The Kier molecular flexibility index (Phi) is 3.81. The van der Waals surface area contributed by atoms with Gasteiger partial charge in [0.1, 0.15) is 0 Å². The largest absolute Gasteiger partial charge is 1.00 e. The smallest absolute Gasteiger partial charge is 0.285 e. The maximum absolute atomic E-state index is 2.42. The molecule has 4 aromatic rings.